The molecule has 2 N–H and O–H groups in total. The van der Waals surface area contributed by atoms with Crippen LogP contribution in [0.15, 0.2) is 64.7 Å². The predicted octanol–water partition coefficient (Wildman–Crippen LogP) is 2.78. The second kappa shape index (κ2) is 9.30. The number of aliphatic hydroxyl groups excluding tert-OH is 1. The summed E-state index contributed by atoms with van der Waals surface area (Å²) in [4.78, 5) is 13.4. The molecule has 0 aliphatic carbocycles. The van der Waals surface area contributed by atoms with Gasteiger partial charge in [-0.3, -0.25) is 19.8 Å². The highest BCUT2D eigenvalue weighted by molar-refractivity contribution is 5.87. The molecule has 0 aromatic heterocycles. The molecule has 3 heterocycles. The fraction of sp³-hybridized carbons (Fsp3) is 0.440. The van der Waals surface area contributed by atoms with Crippen LogP contribution >= 0.6 is 0 Å². The van der Waals surface area contributed by atoms with E-state index >= 15 is 0 Å². The van der Waals surface area contributed by atoms with Crippen LogP contribution < -0.4 is 5.32 Å². The number of hydrogen-bond acceptors (Lipinski definition) is 6. The number of aliphatic hydroxyl groups is 1. The van der Waals surface area contributed by atoms with Gasteiger partial charge in [-0.2, -0.15) is 0 Å². The van der Waals surface area contributed by atoms with Crippen LogP contribution in [0.1, 0.15) is 24.8 Å². The molecule has 2 aromatic carbocycles. The molecular weight excluding hydrogens is 386 g/mol. The van der Waals surface area contributed by atoms with Gasteiger partial charge in [0.15, 0.2) is 6.23 Å². The molecular formula is C25H31N5O. The lowest BCUT2D eigenvalue weighted by Crippen LogP contribution is -2.57. The van der Waals surface area contributed by atoms with Gasteiger partial charge in [0, 0.05) is 57.1 Å². The molecule has 5 rings (SSSR count). The Balaban J connectivity index is 1.14. The van der Waals surface area contributed by atoms with Gasteiger partial charge in [-0.25, -0.2) is 0 Å². The number of nitrogens with zero attached hydrogens (tertiary/aromatic N) is 4. The largest absolute Gasteiger partial charge is 0.371 e. The maximum atomic E-state index is 10.9. The molecule has 0 spiro atoms. The molecule has 0 amide bonds. The number of aliphatic imine (C=N–C) groups is 2. The molecule has 31 heavy (non-hydrogen) atoms. The third-order valence-electron chi connectivity index (χ3n) is 6.63. The zero-order valence-electron chi connectivity index (χ0n) is 17.9. The van der Waals surface area contributed by atoms with Crippen molar-refractivity contribution in [2.45, 2.75) is 44.1 Å². The van der Waals surface area contributed by atoms with Crippen molar-refractivity contribution in [3.8, 4) is 0 Å². The van der Waals surface area contributed by atoms with Crippen LogP contribution in [0.4, 0.5) is 0 Å². The van der Waals surface area contributed by atoms with E-state index in [1.807, 2.05) is 12.4 Å². The van der Waals surface area contributed by atoms with Gasteiger partial charge < -0.3 is 10.4 Å². The summed E-state index contributed by atoms with van der Waals surface area (Å²) in [6.45, 7) is 4.60. The predicted molar refractivity (Wildman–Crippen MR) is 126 cm³/mol. The molecule has 3 aliphatic rings. The molecule has 3 aliphatic heterocycles. The van der Waals surface area contributed by atoms with E-state index in [0.717, 1.165) is 57.8 Å². The highest BCUT2D eigenvalue weighted by Gasteiger charge is 2.31. The molecule has 1 fully saturated rings. The van der Waals surface area contributed by atoms with Crippen LogP contribution in [0, 0.1) is 0 Å². The van der Waals surface area contributed by atoms with Crippen molar-refractivity contribution in [2.24, 2.45) is 9.98 Å². The van der Waals surface area contributed by atoms with Gasteiger partial charge in [0.25, 0.3) is 0 Å². The van der Waals surface area contributed by atoms with Crippen LogP contribution in [0.5, 0.6) is 0 Å². The van der Waals surface area contributed by atoms with E-state index in [9.17, 15) is 5.11 Å². The van der Waals surface area contributed by atoms with E-state index in [-0.39, 0.29) is 6.04 Å². The first-order chi connectivity index (χ1) is 15.3. The Morgan fingerprint density at radius 3 is 2.68 bits per heavy atom. The third-order valence-corrected chi connectivity index (χ3v) is 6.63. The first-order valence-electron chi connectivity index (χ1n) is 11.4. The average molecular weight is 418 g/mol. The summed E-state index contributed by atoms with van der Waals surface area (Å²) in [6, 6.07) is 15.9. The van der Waals surface area contributed by atoms with Gasteiger partial charge in [0.2, 0.25) is 0 Å². The van der Waals surface area contributed by atoms with Gasteiger partial charge in [-0.05, 0) is 41.3 Å². The van der Waals surface area contributed by atoms with Crippen LogP contribution in [-0.2, 0) is 6.54 Å². The van der Waals surface area contributed by atoms with E-state index in [0.29, 0.717) is 6.04 Å². The Kier molecular flexibility index (Phi) is 6.11. The number of nitrogens with one attached hydrogen (secondary N) is 1. The van der Waals surface area contributed by atoms with Crippen LogP contribution in [-0.4, -0.2) is 71.4 Å². The van der Waals surface area contributed by atoms with Crippen molar-refractivity contribution in [3.63, 3.8) is 0 Å². The summed E-state index contributed by atoms with van der Waals surface area (Å²) < 4.78 is 0. The van der Waals surface area contributed by atoms with Crippen LogP contribution in [0.3, 0.4) is 0 Å². The van der Waals surface area contributed by atoms with Gasteiger partial charge in [0.05, 0.1) is 6.54 Å². The molecule has 6 nitrogen and oxygen atoms in total. The third kappa shape index (κ3) is 4.71. The molecule has 0 saturated carbocycles. The number of likely N-dealkylation sites (tertiary alicyclic amines) is 1. The molecule has 2 atom stereocenters. The van der Waals surface area contributed by atoms with E-state index < -0.39 is 6.23 Å². The normalized spacial score (nSPS) is 25.6. The highest BCUT2D eigenvalue weighted by atomic mass is 16.3. The van der Waals surface area contributed by atoms with Crippen molar-refractivity contribution in [1.29, 1.82) is 0 Å². The molecule has 0 bridgehead atoms. The Hall–Kier alpha value is -2.54. The van der Waals surface area contributed by atoms with Gasteiger partial charge in [-0.1, -0.05) is 36.4 Å². The van der Waals surface area contributed by atoms with Crippen LogP contribution in [0.2, 0.25) is 0 Å². The Bertz CT molecular complexity index is 992. The number of fused-ring (bicyclic) bond motifs is 1. The number of rotatable bonds is 4. The average Bonchev–Trinajstić information content (AvgIpc) is 2.82. The summed E-state index contributed by atoms with van der Waals surface area (Å²) in [5.74, 6) is 0.732. The van der Waals surface area contributed by atoms with E-state index in [2.05, 4.69) is 73.6 Å². The minimum Gasteiger partial charge on any atom is -0.371 e. The lowest BCUT2D eigenvalue weighted by Gasteiger charge is -2.39. The van der Waals surface area contributed by atoms with Gasteiger partial charge in [0.1, 0.15) is 5.84 Å². The Labute approximate surface area is 184 Å². The minimum absolute atomic E-state index is 0.198. The number of benzene rings is 2. The highest BCUT2D eigenvalue weighted by Crippen LogP contribution is 2.20. The summed E-state index contributed by atoms with van der Waals surface area (Å²) in [5.41, 5.74) is 1.37. The second-order valence-corrected chi connectivity index (χ2v) is 8.73. The van der Waals surface area contributed by atoms with Crippen molar-refractivity contribution in [3.05, 3.63) is 60.3 Å². The van der Waals surface area contributed by atoms with Crippen molar-refractivity contribution in [1.82, 2.24) is 15.1 Å². The maximum absolute atomic E-state index is 10.9. The Morgan fingerprint density at radius 1 is 1.03 bits per heavy atom. The van der Waals surface area contributed by atoms with E-state index in [1.54, 1.807) is 0 Å². The number of piperidine rings is 1. The smallest absolute Gasteiger partial charge is 0.166 e. The quantitative estimate of drug-likeness (QED) is 0.803. The van der Waals surface area contributed by atoms with E-state index in [4.69, 9.17) is 0 Å². The van der Waals surface area contributed by atoms with Crippen molar-refractivity contribution < 1.29 is 5.11 Å². The molecule has 162 valence electrons. The SMILES string of the molecule is OC1C(NC2CCN(Cc3ccc4ccccc4c3)CC2)=NCCN1C1C=CN=CC1. The monoisotopic (exact) mass is 417 g/mol. The minimum atomic E-state index is -0.662. The standard InChI is InChI=1S/C25H31N5O/c31-25-24(27-13-16-30(25)23-7-11-26-12-8-23)28-22-9-14-29(15-10-22)18-19-5-6-20-3-1-2-4-21(20)17-19/h1-7,11-12,17,22-23,25,31H,8-10,13-16,18H2,(H,27,28). The summed E-state index contributed by atoms with van der Waals surface area (Å²) in [7, 11) is 0. The molecule has 2 aromatic rings. The van der Waals surface area contributed by atoms with Gasteiger partial charge in [-0.15, -0.1) is 0 Å². The number of amidine groups is 1. The van der Waals surface area contributed by atoms with Crippen molar-refractivity contribution >= 4 is 22.8 Å². The molecule has 6 heteroatoms. The lowest BCUT2D eigenvalue weighted by molar-refractivity contribution is 0.0307. The van der Waals surface area contributed by atoms with Gasteiger partial charge >= 0.3 is 0 Å². The summed E-state index contributed by atoms with van der Waals surface area (Å²) >= 11 is 0. The zero-order chi connectivity index (χ0) is 21.0. The molecule has 1 saturated heterocycles. The summed E-state index contributed by atoms with van der Waals surface area (Å²) in [5, 5.41) is 17.1. The van der Waals surface area contributed by atoms with E-state index in [1.165, 1.54) is 16.3 Å². The summed E-state index contributed by atoms with van der Waals surface area (Å²) in [6.07, 6.45) is 8.12. The topological polar surface area (TPSA) is 63.5 Å². The zero-order valence-corrected chi connectivity index (χ0v) is 17.9. The fourth-order valence-corrected chi connectivity index (χ4v) is 4.86. The van der Waals surface area contributed by atoms with Crippen LogP contribution in [0.25, 0.3) is 10.8 Å². The first-order valence-corrected chi connectivity index (χ1v) is 11.4. The number of hydrogen-bond donors (Lipinski definition) is 2. The Morgan fingerprint density at radius 2 is 1.87 bits per heavy atom. The van der Waals surface area contributed by atoms with Crippen molar-refractivity contribution in [2.75, 3.05) is 26.2 Å². The molecule has 0 radical (unpaired) electrons. The first kappa shape index (κ1) is 20.4. The molecule has 2 unspecified atom stereocenters. The maximum Gasteiger partial charge on any atom is 0.166 e. The fourth-order valence-electron chi connectivity index (χ4n) is 4.86. The second-order valence-electron chi connectivity index (χ2n) is 8.73. The lowest BCUT2D eigenvalue weighted by atomic mass is 10.0.